The van der Waals surface area contributed by atoms with Gasteiger partial charge in [-0.2, -0.15) is 0 Å². The summed E-state index contributed by atoms with van der Waals surface area (Å²) in [5, 5.41) is 4.42. The standard InChI is InChI=1S/C17H23N3S/c1-3-8-15-19-16(18-11-4-2)12-17(20-15)21-13-14-9-6-5-7-10-14/h5-7,9-10,12H,3-4,8,11,13H2,1-2H3,(H,18,19,20). The van der Waals surface area contributed by atoms with Crippen molar-refractivity contribution in [2.45, 2.75) is 43.9 Å². The van der Waals surface area contributed by atoms with Gasteiger partial charge in [-0.15, -0.1) is 11.8 Å². The summed E-state index contributed by atoms with van der Waals surface area (Å²) >= 11 is 1.77. The van der Waals surface area contributed by atoms with Crippen LogP contribution in [-0.4, -0.2) is 16.5 Å². The fourth-order valence-electron chi connectivity index (χ4n) is 1.96. The summed E-state index contributed by atoms with van der Waals surface area (Å²) in [5.41, 5.74) is 1.32. The molecule has 112 valence electrons. The number of aryl methyl sites for hydroxylation is 1. The highest BCUT2D eigenvalue weighted by Crippen LogP contribution is 2.23. The lowest BCUT2D eigenvalue weighted by atomic mass is 10.2. The number of rotatable bonds is 8. The first kappa shape index (κ1) is 15.8. The Morgan fingerprint density at radius 1 is 1.05 bits per heavy atom. The van der Waals surface area contributed by atoms with Crippen LogP contribution in [0.4, 0.5) is 5.82 Å². The quantitative estimate of drug-likeness (QED) is 0.573. The van der Waals surface area contributed by atoms with E-state index in [1.54, 1.807) is 11.8 Å². The van der Waals surface area contributed by atoms with Crippen molar-refractivity contribution in [3.05, 3.63) is 47.8 Å². The minimum absolute atomic E-state index is 0.931. The summed E-state index contributed by atoms with van der Waals surface area (Å²) < 4.78 is 0. The number of thioether (sulfide) groups is 1. The van der Waals surface area contributed by atoms with Crippen LogP contribution in [0.1, 0.15) is 38.1 Å². The van der Waals surface area contributed by atoms with Crippen molar-refractivity contribution in [2.75, 3.05) is 11.9 Å². The second kappa shape index (κ2) is 8.67. The summed E-state index contributed by atoms with van der Waals surface area (Å²) in [6.07, 6.45) is 3.10. The topological polar surface area (TPSA) is 37.8 Å². The van der Waals surface area contributed by atoms with Gasteiger partial charge in [0.05, 0.1) is 0 Å². The van der Waals surface area contributed by atoms with E-state index in [1.807, 2.05) is 6.07 Å². The zero-order valence-corrected chi connectivity index (χ0v) is 13.6. The Kier molecular flexibility index (Phi) is 6.54. The average molecular weight is 301 g/mol. The van der Waals surface area contributed by atoms with Crippen LogP contribution < -0.4 is 5.32 Å². The molecule has 2 rings (SSSR count). The molecule has 0 bridgehead atoms. The minimum atomic E-state index is 0.931. The Morgan fingerprint density at radius 3 is 2.57 bits per heavy atom. The lowest BCUT2D eigenvalue weighted by Crippen LogP contribution is -2.05. The summed E-state index contributed by atoms with van der Waals surface area (Å²) in [6.45, 7) is 5.27. The summed E-state index contributed by atoms with van der Waals surface area (Å²) in [7, 11) is 0. The van der Waals surface area contributed by atoms with Crippen LogP contribution in [0.2, 0.25) is 0 Å². The maximum absolute atomic E-state index is 4.66. The molecular weight excluding hydrogens is 278 g/mol. The minimum Gasteiger partial charge on any atom is -0.370 e. The van der Waals surface area contributed by atoms with Gasteiger partial charge in [0, 0.05) is 24.8 Å². The van der Waals surface area contributed by atoms with E-state index in [0.717, 1.165) is 48.2 Å². The number of hydrogen-bond acceptors (Lipinski definition) is 4. The number of benzene rings is 1. The van der Waals surface area contributed by atoms with E-state index >= 15 is 0 Å². The van der Waals surface area contributed by atoms with Crippen LogP contribution in [0.15, 0.2) is 41.4 Å². The Bertz CT molecular complexity index is 543. The maximum atomic E-state index is 4.66. The summed E-state index contributed by atoms with van der Waals surface area (Å²) in [4.78, 5) is 9.24. The van der Waals surface area contributed by atoms with E-state index in [0.29, 0.717) is 0 Å². The molecule has 0 spiro atoms. The van der Waals surface area contributed by atoms with E-state index in [-0.39, 0.29) is 0 Å². The van der Waals surface area contributed by atoms with E-state index in [4.69, 9.17) is 0 Å². The van der Waals surface area contributed by atoms with Crippen LogP contribution in [0.3, 0.4) is 0 Å². The van der Waals surface area contributed by atoms with Crippen molar-refractivity contribution in [1.82, 2.24) is 9.97 Å². The van der Waals surface area contributed by atoms with Crippen LogP contribution in [0, 0.1) is 0 Å². The van der Waals surface area contributed by atoms with Crippen LogP contribution in [-0.2, 0) is 12.2 Å². The molecule has 4 heteroatoms. The first-order valence-corrected chi connectivity index (χ1v) is 8.59. The van der Waals surface area contributed by atoms with E-state index in [1.165, 1.54) is 5.56 Å². The SMILES string of the molecule is CCCNc1cc(SCc2ccccc2)nc(CCC)n1. The molecule has 0 amide bonds. The number of nitrogens with zero attached hydrogens (tertiary/aromatic N) is 2. The van der Waals surface area contributed by atoms with E-state index in [9.17, 15) is 0 Å². The molecule has 0 saturated carbocycles. The first-order chi connectivity index (χ1) is 10.3. The lowest BCUT2D eigenvalue weighted by molar-refractivity contribution is 0.807. The molecule has 0 fully saturated rings. The maximum Gasteiger partial charge on any atom is 0.132 e. The van der Waals surface area contributed by atoms with Crippen molar-refractivity contribution >= 4 is 17.6 Å². The van der Waals surface area contributed by atoms with Crippen LogP contribution in [0.5, 0.6) is 0 Å². The average Bonchev–Trinajstić information content (AvgIpc) is 2.52. The Hall–Kier alpha value is -1.55. The fraction of sp³-hybridized carbons (Fsp3) is 0.412. The molecule has 0 aliphatic heterocycles. The monoisotopic (exact) mass is 301 g/mol. The van der Waals surface area contributed by atoms with Crippen LogP contribution >= 0.6 is 11.8 Å². The molecule has 1 aromatic carbocycles. The molecule has 3 nitrogen and oxygen atoms in total. The zero-order chi connectivity index (χ0) is 14.9. The number of nitrogens with one attached hydrogen (secondary N) is 1. The zero-order valence-electron chi connectivity index (χ0n) is 12.8. The van der Waals surface area contributed by atoms with Gasteiger partial charge in [-0.05, 0) is 18.4 Å². The van der Waals surface area contributed by atoms with Crippen molar-refractivity contribution in [3.8, 4) is 0 Å². The van der Waals surface area contributed by atoms with E-state index < -0.39 is 0 Å². The normalized spacial score (nSPS) is 10.6. The summed E-state index contributed by atoms with van der Waals surface area (Å²) in [5.74, 6) is 2.83. The predicted octanol–water partition coefficient (Wildman–Crippen LogP) is 4.54. The molecule has 21 heavy (non-hydrogen) atoms. The molecule has 0 atom stereocenters. The molecule has 1 N–H and O–H groups in total. The van der Waals surface area contributed by atoms with Gasteiger partial charge in [-0.25, -0.2) is 9.97 Å². The largest absolute Gasteiger partial charge is 0.370 e. The molecule has 0 aliphatic rings. The third-order valence-electron chi connectivity index (χ3n) is 3.01. The molecule has 0 unspecified atom stereocenters. The van der Waals surface area contributed by atoms with Gasteiger partial charge >= 0.3 is 0 Å². The van der Waals surface area contributed by atoms with Crippen LogP contribution in [0.25, 0.3) is 0 Å². The highest BCUT2D eigenvalue weighted by molar-refractivity contribution is 7.98. The van der Waals surface area contributed by atoms with Gasteiger partial charge < -0.3 is 5.32 Å². The highest BCUT2D eigenvalue weighted by atomic mass is 32.2. The van der Waals surface area contributed by atoms with Crippen molar-refractivity contribution in [1.29, 1.82) is 0 Å². The molecule has 1 heterocycles. The summed E-state index contributed by atoms with van der Waals surface area (Å²) in [6, 6.07) is 12.6. The smallest absolute Gasteiger partial charge is 0.132 e. The van der Waals surface area contributed by atoms with Gasteiger partial charge in [0.2, 0.25) is 0 Å². The molecule has 0 radical (unpaired) electrons. The second-order valence-corrected chi connectivity index (χ2v) is 5.95. The van der Waals surface area contributed by atoms with Gasteiger partial charge in [0.25, 0.3) is 0 Å². The highest BCUT2D eigenvalue weighted by Gasteiger charge is 2.05. The molecule has 0 aliphatic carbocycles. The number of hydrogen-bond donors (Lipinski definition) is 1. The molecular formula is C17H23N3S. The third kappa shape index (κ3) is 5.38. The lowest BCUT2D eigenvalue weighted by Gasteiger charge is -2.09. The van der Waals surface area contributed by atoms with Gasteiger partial charge in [-0.3, -0.25) is 0 Å². The molecule has 1 aromatic heterocycles. The Morgan fingerprint density at radius 2 is 1.86 bits per heavy atom. The first-order valence-electron chi connectivity index (χ1n) is 7.60. The molecule has 0 saturated heterocycles. The Labute approximate surface area is 131 Å². The van der Waals surface area contributed by atoms with Crippen molar-refractivity contribution < 1.29 is 0 Å². The van der Waals surface area contributed by atoms with Crippen molar-refractivity contribution in [2.24, 2.45) is 0 Å². The molecule has 2 aromatic rings. The second-order valence-electron chi connectivity index (χ2n) is 4.96. The third-order valence-corrected chi connectivity index (χ3v) is 3.99. The Balaban J connectivity index is 2.07. The van der Waals surface area contributed by atoms with Crippen molar-refractivity contribution in [3.63, 3.8) is 0 Å². The fourth-order valence-corrected chi connectivity index (χ4v) is 2.83. The van der Waals surface area contributed by atoms with E-state index in [2.05, 4.69) is 59.5 Å². The van der Waals surface area contributed by atoms with Gasteiger partial charge in [0.1, 0.15) is 16.7 Å². The number of aromatic nitrogens is 2. The van der Waals surface area contributed by atoms with Gasteiger partial charge in [0.15, 0.2) is 0 Å². The van der Waals surface area contributed by atoms with Gasteiger partial charge in [-0.1, -0.05) is 44.2 Å². The predicted molar refractivity (Wildman–Crippen MR) is 90.8 cm³/mol. The number of anilines is 1.